The van der Waals surface area contributed by atoms with Crippen LogP contribution >= 0.6 is 15.9 Å². The summed E-state index contributed by atoms with van der Waals surface area (Å²) in [5, 5.41) is 3.33. The Hall–Kier alpha value is -1.46. The van der Waals surface area contributed by atoms with Crippen LogP contribution in [0.2, 0.25) is 0 Å². The monoisotopic (exact) mass is 349 g/mol. The molecule has 1 N–H and O–H groups in total. The number of anilines is 1. The molecular weight excluding hydrogens is 330 g/mol. The summed E-state index contributed by atoms with van der Waals surface area (Å²) in [7, 11) is 1.67. The predicted molar refractivity (Wildman–Crippen MR) is 88.5 cm³/mol. The highest BCUT2D eigenvalue weighted by Crippen LogP contribution is 2.25. The zero-order chi connectivity index (χ0) is 15.1. The minimum atomic E-state index is 0.464. The highest BCUT2D eigenvalue weighted by atomic mass is 79.9. The van der Waals surface area contributed by atoms with E-state index in [0.29, 0.717) is 13.0 Å². The summed E-state index contributed by atoms with van der Waals surface area (Å²) in [6, 6.07) is 10.2. The minimum absolute atomic E-state index is 0.464. The second-order valence-electron chi connectivity index (χ2n) is 4.77. The van der Waals surface area contributed by atoms with Crippen LogP contribution in [-0.2, 0) is 17.8 Å². The van der Waals surface area contributed by atoms with Crippen molar-refractivity contribution in [3.63, 3.8) is 0 Å². The molecule has 0 aliphatic carbocycles. The molecule has 0 unspecified atom stereocenters. The van der Waals surface area contributed by atoms with Gasteiger partial charge in [0, 0.05) is 20.1 Å². The summed E-state index contributed by atoms with van der Waals surface area (Å²) in [6.45, 7) is 3.47. The van der Waals surface area contributed by atoms with Crippen LogP contribution in [0.4, 0.5) is 5.82 Å². The third kappa shape index (κ3) is 4.51. The van der Waals surface area contributed by atoms with Crippen LogP contribution in [0.1, 0.15) is 30.4 Å². The van der Waals surface area contributed by atoms with Gasteiger partial charge in [-0.2, -0.15) is 0 Å². The molecule has 4 nitrogen and oxygen atoms in total. The predicted octanol–water partition coefficient (Wildman–Crippen LogP) is 3.80. The van der Waals surface area contributed by atoms with E-state index >= 15 is 0 Å². The molecule has 1 heterocycles. The molecule has 0 saturated heterocycles. The molecule has 0 amide bonds. The Morgan fingerprint density at radius 2 is 1.95 bits per heavy atom. The van der Waals surface area contributed by atoms with Gasteiger partial charge in [-0.05, 0) is 27.9 Å². The summed E-state index contributed by atoms with van der Waals surface area (Å²) in [6.07, 6.45) is 1.76. The van der Waals surface area contributed by atoms with Crippen molar-refractivity contribution in [1.82, 2.24) is 9.97 Å². The Morgan fingerprint density at radius 1 is 1.19 bits per heavy atom. The van der Waals surface area contributed by atoms with Gasteiger partial charge in [0.05, 0.1) is 16.8 Å². The van der Waals surface area contributed by atoms with Gasteiger partial charge in [0.1, 0.15) is 11.6 Å². The fraction of sp³-hybridized carbons (Fsp3) is 0.375. The van der Waals surface area contributed by atoms with Crippen LogP contribution in [-0.4, -0.2) is 23.6 Å². The van der Waals surface area contributed by atoms with Crippen LogP contribution in [0.25, 0.3) is 0 Å². The highest BCUT2D eigenvalue weighted by molar-refractivity contribution is 9.10. The summed E-state index contributed by atoms with van der Waals surface area (Å²) in [4.78, 5) is 9.23. The zero-order valence-corrected chi connectivity index (χ0v) is 14.0. The first-order chi connectivity index (χ1) is 10.2. The molecule has 0 aliphatic heterocycles. The summed E-state index contributed by atoms with van der Waals surface area (Å²) >= 11 is 3.56. The van der Waals surface area contributed by atoms with Gasteiger partial charge in [0.25, 0.3) is 0 Å². The molecule has 21 heavy (non-hydrogen) atoms. The summed E-state index contributed by atoms with van der Waals surface area (Å²) in [5.74, 6) is 1.64. The molecule has 1 aromatic heterocycles. The molecule has 2 rings (SSSR count). The number of rotatable bonds is 7. The van der Waals surface area contributed by atoms with E-state index in [4.69, 9.17) is 4.74 Å². The van der Waals surface area contributed by atoms with E-state index in [0.717, 1.165) is 34.8 Å². The van der Waals surface area contributed by atoms with Crippen molar-refractivity contribution >= 4 is 21.7 Å². The van der Waals surface area contributed by atoms with Gasteiger partial charge in [-0.1, -0.05) is 37.3 Å². The molecule has 0 bridgehead atoms. The Balaban J connectivity index is 2.29. The van der Waals surface area contributed by atoms with E-state index in [1.165, 1.54) is 5.56 Å². The zero-order valence-electron chi connectivity index (χ0n) is 12.4. The highest BCUT2D eigenvalue weighted by Gasteiger charge is 2.12. The lowest BCUT2D eigenvalue weighted by Crippen LogP contribution is -2.10. The lowest BCUT2D eigenvalue weighted by Gasteiger charge is -2.12. The van der Waals surface area contributed by atoms with Crippen molar-refractivity contribution in [2.24, 2.45) is 0 Å². The third-order valence-corrected chi connectivity index (χ3v) is 3.83. The van der Waals surface area contributed by atoms with Gasteiger partial charge >= 0.3 is 0 Å². The van der Waals surface area contributed by atoms with Crippen LogP contribution in [0.5, 0.6) is 0 Å². The molecule has 0 radical (unpaired) electrons. The van der Waals surface area contributed by atoms with E-state index in [1.54, 1.807) is 7.11 Å². The minimum Gasteiger partial charge on any atom is -0.378 e. The molecule has 0 saturated carbocycles. The fourth-order valence-electron chi connectivity index (χ4n) is 2.00. The summed E-state index contributed by atoms with van der Waals surface area (Å²) in [5.41, 5.74) is 2.07. The van der Waals surface area contributed by atoms with E-state index in [-0.39, 0.29) is 0 Å². The number of aromatic nitrogens is 2. The quantitative estimate of drug-likeness (QED) is 0.825. The number of halogens is 1. The first-order valence-electron chi connectivity index (χ1n) is 7.06. The number of hydrogen-bond acceptors (Lipinski definition) is 4. The van der Waals surface area contributed by atoms with Gasteiger partial charge in [-0.3, -0.25) is 0 Å². The van der Waals surface area contributed by atoms with Crippen LogP contribution in [0, 0.1) is 0 Å². The molecule has 1 aromatic carbocycles. The smallest absolute Gasteiger partial charge is 0.144 e. The van der Waals surface area contributed by atoms with Gasteiger partial charge < -0.3 is 10.1 Å². The number of benzene rings is 1. The van der Waals surface area contributed by atoms with E-state index in [2.05, 4.69) is 50.3 Å². The third-order valence-electron chi connectivity index (χ3n) is 2.99. The van der Waals surface area contributed by atoms with Crippen molar-refractivity contribution < 1.29 is 4.74 Å². The van der Waals surface area contributed by atoms with Crippen LogP contribution < -0.4 is 5.32 Å². The maximum atomic E-state index is 5.23. The number of hydrogen-bond donors (Lipinski definition) is 1. The molecular formula is C16H20BrN3O. The van der Waals surface area contributed by atoms with Gasteiger partial charge in [0.2, 0.25) is 0 Å². The van der Waals surface area contributed by atoms with Crippen molar-refractivity contribution in [1.29, 1.82) is 0 Å². The largest absolute Gasteiger partial charge is 0.378 e. The van der Waals surface area contributed by atoms with E-state index in [1.807, 2.05) is 18.2 Å². The summed E-state index contributed by atoms with van der Waals surface area (Å²) < 4.78 is 6.11. The number of methoxy groups -OCH3 is 1. The molecule has 5 heteroatoms. The maximum absolute atomic E-state index is 5.23. The van der Waals surface area contributed by atoms with E-state index in [9.17, 15) is 0 Å². The Kier molecular flexibility index (Phi) is 6.14. The van der Waals surface area contributed by atoms with Crippen molar-refractivity contribution in [2.45, 2.75) is 26.4 Å². The van der Waals surface area contributed by atoms with Gasteiger partial charge in [0.15, 0.2) is 0 Å². The second-order valence-corrected chi connectivity index (χ2v) is 5.56. The average Bonchev–Trinajstić information content (AvgIpc) is 2.50. The molecule has 0 atom stereocenters. The number of nitrogens with one attached hydrogen (secondary N) is 1. The average molecular weight is 350 g/mol. The molecule has 0 fully saturated rings. The Labute approximate surface area is 134 Å². The Morgan fingerprint density at radius 3 is 2.62 bits per heavy atom. The van der Waals surface area contributed by atoms with Crippen LogP contribution in [0.15, 0.2) is 34.8 Å². The fourth-order valence-corrected chi connectivity index (χ4v) is 2.43. The van der Waals surface area contributed by atoms with Crippen molar-refractivity contribution in [3.05, 3.63) is 51.9 Å². The first kappa shape index (κ1) is 15.9. The lowest BCUT2D eigenvalue weighted by atomic mass is 10.1. The van der Waals surface area contributed by atoms with Gasteiger partial charge in [-0.25, -0.2) is 9.97 Å². The normalized spacial score (nSPS) is 10.6. The first-order valence-corrected chi connectivity index (χ1v) is 7.86. The topological polar surface area (TPSA) is 47.0 Å². The SMILES string of the molecule is CCCNc1nc(Cc2ccccc2)nc(COC)c1Br. The number of ether oxygens (including phenoxy) is 1. The molecule has 0 aliphatic rings. The number of nitrogens with zero attached hydrogens (tertiary/aromatic N) is 2. The standard InChI is InChI=1S/C16H20BrN3O/c1-3-9-18-16-15(17)13(11-21-2)19-14(20-16)10-12-7-5-4-6-8-12/h4-8H,3,9-11H2,1-2H3,(H,18,19,20). The molecule has 2 aromatic rings. The molecule has 112 valence electrons. The molecule has 0 spiro atoms. The van der Waals surface area contributed by atoms with Gasteiger partial charge in [-0.15, -0.1) is 0 Å². The van der Waals surface area contributed by atoms with Crippen molar-refractivity contribution in [3.8, 4) is 0 Å². The maximum Gasteiger partial charge on any atom is 0.144 e. The van der Waals surface area contributed by atoms with Crippen LogP contribution in [0.3, 0.4) is 0 Å². The second kappa shape index (κ2) is 8.10. The lowest BCUT2D eigenvalue weighted by molar-refractivity contribution is 0.180. The Bertz CT molecular complexity index is 575. The van der Waals surface area contributed by atoms with Crippen molar-refractivity contribution in [2.75, 3.05) is 19.0 Å². The van der Waals surface area contributed by atoms with E-state index < -0.39 is 0 Å².